The van der Waals surface area contributed by atoms with Gasteiger partial charge in [0.1, 0.15) is 5.82 Å². The van der Waals surface area contributed by atoms with E-state index in [1.807, 2.05) is 0 Å². The Hall–Kier alpha value is -3.17. The standard InChI is InChI=1S/C20H17ClFN3O4S/c1-29-20-14(3-2-10-23-20)12-24-19(26)13-4-9-17(21)18(11-13)25-30(27,28)16-7-5-15(22)6-8-16/h2-11,25H,12H2,1H3,(H,24,26). The van der Waals surface area contributed by atoms with Crippen LogP contribution in [0.4, 0.5) is 10.1 Å². The molecule has 0 unspecified atom stereocenters. The maximum absolute atomic E-state index is 13.1. The zero-order valence-electron chi connectivity index (χ0n) is 15.7. The molecule has 1 amide bonds. The molecule has 156 valence electrons. The van der Waals surface area contributed by atoms with Gasteiger partial charge in [-0.2, -0.15) is 0 Å². The highest BCUT2D eigenvalue weighted by atomic mass is 35.5. The second kappa shape index (κ2) is 9.10. The lowest BCUT2D eigenvalue weighted by atomic mass is 10.2. The summed E-state index contributed by atoms with van der Waals surface area (Å²) in [5.41, 5.74) is 0.895. The van der Waals surface area contributed by atoms with Crippen molar-refractivity contribution in [1.29, 1.82) is 0 Å². The van der Waals surface area contributed by atoms with E-state index in [0.717, 1.165) is 24.3 Å². The first kappa shape index (κ1) is 21.5. The first-order chi connectivity index (χ1) is 14.3. The van der Waals surface area contributed by atoms with Crippen molar-refractivity contribution in [3.63, 3.8) is 0 Å². The Kier molecular flexibility index (Phi) is 6.53. The van der Waals surface area contributed by atoms with E-state index in [0.29, 0.717) is 11.4 Å². The van der Waals surface area contributed by atoms with Crippen molar-refractivity contribution in [2.75, 3.05) is 11.8 Å². The van der Waals surface area contributed by atoms with Crippen molar-refractivity contribution in [2.24, 2.45) is 0 Å². The van der Waals surface area contributed by atoms with Gasteiger partial charge in [-0.1, -0.05) is 17.7 Å². The van der Waals surface area contributed by atoms with Crippen LogP contribution in [0.2, 0.25) is 5.02 Å². The van der Waals surface area contributed by atoms with Gasteiger partial charge in [-0.05, 0) is 48.5 Å². The van der Waals surface area contributed by atoms with Crippen molar-refractivity contribution in [3.05, 3.63) is 82.8 Å². The van der Waals surface area contributed by atoms with Crippen molar-refractivity contribution < 1.29 is 22.3 Å². The molecule has 0 spiro atoms. The molecule has 3 aromatic rings. The Morgan fingerprint density at radius 3 is 2.60 bits per heavy atom. The summed E-state index contributed by atoms with van der Waals surface area (Å²) in [6, 6.07) is 12.0. The fraction of sp³-hybridized carbons (Fsp3) is 0.100. The summed E-state index contributed by atoms with van der Waals surface area (Å²) >= 11 is 6.09. The number of ether oxygens (including phenoxy) is 1. The van der Waals surface area contributed by atoms with Crippen LogP contribution in [0.3, 0.4) is 0 Å². The van der Waals surface area contributed by atoms with Gasteiger partial charge in [-0.3, -0.25) is 9.52 Å². The third-order valence-corrected chi connectivity index (χ3v) is 5.79. The highest BCUT2D eigenvalue weighted by Gasteiger charge is 2.17. The minimum absolute atomic E-state index is 0.0209. The molecule has 0 aliphatic heterocycles. The van der Waals surface area contributed by atoms with Gasteiger partial charge in [-0.25, -0.2) is 17.8 Å². The average Bonchev–Trinajstić information content (AvgIpc) is 2.74. The molecule has 0 aliphatic carbocycles. The van der Waals surface area contributed by atoms with Gasteiger partial charge in [-0.15, -0.1) is 0 Å². The van der Waals surface area contributed by atoms with Crippen molar-refractivity contribution in [2.45, 2.75) is 11.4 Å². The van der Waals surface area contributed by atoms with Gasteiger partial charge in [0.2, 0.25) is 5.88 Å². The largest absolute Gasteiger partial charge is 0.481 e. The van der Waals surface area contributed by atoms with Crippen LogP contribution in [0.1, 0.15) is 15.9 Å². The molecule has 7 nitrogen and oxygen atoms in total. The van der Waals surface area contributed by atoms with Crippen LogP contribution in [0, 0.1) is 5.82 Å². The molecule has 1 heterocycles. The number of amides is 1. The van der Waals surface area contributed by atoms with Crippen LogP contribution >= 0.6 is 11.6 Å². The number of carbonyl (C=O) groups excluding carboxylic acids is 1. The number of hydrogen-bond donors (Lipinski definition) is 2. The number of halogens is 2. The number of nitrogens with one attached hydrogen (secondary N) is 2. The molecule has 2 aromatic carbocycles. The molecule has 2 N–H and O–H groups in total. The van der Waals surface area contributed by atoms with E-state index < -0.39 is 21.7 Å². The van der Waals surface area contributed by atoms with Crippen LogP contribution in [0.5, 0.6) is 5.88 Å². The van der Waals surface area contributed by atoms with Crippen molar-refractivity contribution in [1.82, 2.24) is 10.3 Å². The zero-order valence-corrected chi connectivity index (χ0v) is 17.3. The van der Waals surface area contributed by atoms with Crippen LogP contribution in [0.15, 0.2) is 65.7 Å². The molecule has 3 rings (SSSR count). The third kappa shape index (κ3) is 5.05. The Balaban J connectivity index is 1.77. The molecule has 1 aromatic heterocycles. The lowest BCUT2D eigenvalue weighted by molar-refractivity contribution is 0.0950. The van der Waals surface area contributed by atoms with E-state index in [-0.39, 0.29) is 27.7 Å². The Morgan fingerprint density at radius 2 is 1.90 bits per heavy atom. The number of methoxy groups -OCH3 is 1. The number of nitrogens with zero attached hydrogens (tertiary/aromatic N) is 1. The zero-order chi connectivity index (χ0) is 21.7. The lowest BCUT2D eigenvalue weighted by Gasteiger charge is -2.12. The summed E-state index contributed by atoms with van der Waals surface area (Å²) in [7, 11) is -2.54. The van der Waals surface area contributed by atoms with Crippen LogP contribution in [0.25, 0.3) is 0 Å². The summed E-state index contributed by atoms with van der Waals surface area (Å²) in [5, 5.41) is 2.82. The topological polar surface area (TPSA) is 97.4 Å². The predicted octanol–water partition coefficient (Wildman–Crippen LogP) is 3.61. The Labute approximate surface area is 177 Å². The molecule has 0 fully saturated rings. The van der Waals surface area contributed by atoms with Gasteiger partial charge < -0.3 is 10.1 Å². The molecular weight excluding hydrogens is 433 g/mol. The maximum Gasteiger partial charge on any atom is 0.261 e. The summed E-state index contributed by atoms with van der Waals surface area (Å²) in [4.78, 5) is 16.4. The lowest BCUT2D eigenvalue weighted by Crippen LogP contribution is -2.23. The van der Waals surface area contributed by atoms with Gasteiger partial charge in [0.05, 0.1) is 22.7 Å². The van der Waals surface area contributed by atoms with Gasteiger partial charge >= 0.3 is 0 Å². The number of hydrogen-bond acceptors (Lipinski definition) is 5. The fourth-order valence-corrected chi connectivity index (χ4v) is 3.87. The maximum atomic E-state index is 13.1. The van der Waals surface area contributed by atoms with E-state index in [4.69, 9.17) is 16.3 Å². The van der Waals surface area contributed by atoms with E-state index >= 15 is 0 Å². The molecular formula is C20H17ClFN3O4S. The minimum atomic E-state index is -4.02. The minimum Gasteiger partial charge on any atom is -0.481 e. The molecule has 0 atom stereocenters. The monoisotopic (exact) mass is 449 g/mol. The van der Waals surface area contributed by atoms with E-state index in [9.17, 15) is 17.6 Å². The number of rotatable bonds is 7. The van der Waals surface area contributed by atoms with Gasteiger partial charge in [0, 0.05) is 23.9 Å². The van der Waals surface area contributed by atoms with Crippen LogP contribution in [-0.2, 0) is 16.6 Å². The SMILES string of the molecule is COc1ncccc1CNC(=O)c1ccc(Cl)c(NS(=O)(=O)c2ccc(F)cc2)c1. The molecule has 0 saturated heterocycles. The number of pyridine rings is 1. The first-order valence-electron chi connectivity index (χ1n) is 8.64. The number of anilines is 1. The second-order valence-corrected chi connectivity index (χ2v) is 8.20. The normalized spacial score (nSPS) is 11.0. The fourth-order valence-electron chi connectivity index (χ4n) is 2.58. The van der Waals surface area contributed by atoms with Gasteiger partial charge in [0.15, 0.2) is 0 Å². The summed E-state index contributed by atoms with van der Waals surface area (Å²) in [5.74, 6) is -0.614. The number of carbonyl (C=O) groups is 1. The third-order valence-electron chi connectivity index (χ3n) is 4.08. The smallest absolute Gasteiger partial charge is 0.261 e. The molecule has 10 heteroatoms. The van der Waals surface area contributed by atoms with E-state index in [1.54, 1.807) is 18.3 Å². The number of sulfonamides is 1. The van der Waals surface area contributed by atoms with Gasteiger partial charge in [0.25, 0.3) is 15.9 Å². The molecule has 0 bridgehead atoms. The van der Waals surface area contributed by atoms with Crippen molar-refractivity contribution >= 4 is 33.2 Å². The first-order valence-corrected chi connectivity index (χ1v) is 10.5. The Bertz CT molecular complexity index is 1170. The van der Waals surface area contributed by atoms with Crippen molar-refractivity contribution in [3.8, 4) is 5.88 Å². The van der Waals surface area contributed by atoms with Crippen LogP contribution in [-0.4, -0.2) is 26.4 Å². The number of aromatic nitrogens is 1. The highest BCUT2D eigenvalue weighted by molar-refractivity contribution is 7.92. The predicted molar refractivity (Wildman–Crippen MR) is 111 cm³/mol. The summed E-state index contributed by atoms with van der Waals surface area (Å²) < 4.78 is 45.5. The summed E-state index contributed by atoms with van der Waals surface area (Å²) in [6.45, 7) is 0.162. The molecule has 0 aliphatic rings. The quantitative estimate of drug-likeness (QED) is 0.574. The molecule has 0 radical (unpaired) electrons. The second-order valence-electron chi connectivity index (χ2n) is 6.11. The number of benzene rings is 2. The Morgan fingerprint density at radius 1 is 1.17 bits per heavy atom. The van der Waals surface area contributed by atoms with E-state index in [1.165, 1.54) is 25.3 Å². The average molecular weight is 450 g/mol. The summed E-state index contributed by atoms with van der Waals surface area (Å²) in [6.07, 6.45) is 1.57. The molecule has 0 saturated carbocycles. The molecule has 30 heavy (non-hydrogen) atoms. The highest BCUT2D eigenvalue weighted by Crippen LogP contribution is 2.26. The van der Waals surface area contributed by atoms with E-state index in [2.05, 4.69) is 15.0 Å². The van der Waals surface area contributed by atoms with Crippen LogP contribution < -0.4 is 14.8 Å².